The van der Waals surface area contributed by atoms with E-state index in [2.05, 4.69) is 20.6 Å². The van der Waals surface area contributed by atoms with Crippen molar-refractivity contribution < 1.29 is 23.9 Å². The summed E-state index contributed by atoms with van der Waals surface area (Å²) < 4.78 is 13.5. The molecule has 4 rings (SSSR count). The summed E-state index contributed by atoms with van der Waals surface area (Å²) in [6, 6.07) is 10.8. The van der Waals surface area contributed by atoms with Crippen molar-refractivity contribution in [2.75, 3.05) is 18.8 Å². The number of hydrogen-bond donors (Lipinski definition) is 5. The zero-order valence-electron chi connectivity index (χ0n) is 18.0. The Labute approximate surface area is 194 Å². The second kappa shape index (κ2) is 11.0. The number of carbonyl (C=O) groups excluding carboxylic acids is 3. The number of primary amides is 1. The maximum Gasteiger partial charge on any atom is 0.270 e. The quantitative estimate of drug-likeness (QED) is 0.346. The first-order valence-corrected chi connectivity index (χ1v) is 10.3. The minimum atomic E-state index is -0.802. The average Bonchev–Trinajstić information content (AvgIpc) is 3.32. The Hall–Kier alpha value is -4.38. The highest BCUT2D eigenvalue weighted by Gasteiger charge is 2.19. The topological polar surface area (TPSA) is 173 Å². The molecule has 11 heteroatoms. The summed E-state index contributed by atoms with van der Waals surface area (Å²) in [4.78, 5) is 42.2. The maximum absolute atomic E-state index is 13.5. The number of ketones is 1. The number of hydrogen-bond acceptors (Lipinski definition) is 8. The van der Waals surface area contributed by atoms with Gasteiger partial charge in [0.25, 0.3) is 5.91 Å². The second-order valence-corrected chi connectivity index (χ2v) is 7.37. The van der Waals surface area contributed by atoms with Crippen molar-refractivity contribution >= 4 is 23.5 Å². The molecule has 7 N–H and O–H groups in total. The van der Waals surface area contributed by atoms with Gasteiger partial charge in [0.15, 0.2) is 5.78 Å². The van der Waals surface area contributed by atoms with E-state index in [0.29, 0.717) is 5.69 Å². The molecule has 1 fully saturated rings. The van der Waals surface area contributed by atoms with Crippen LogP contribution in [0.4, 0.5) is 10.3 Å². The molecule has 0 bridgehead atoms. The van der Waals surface area contributed by atoms with Crippen LogP contribution in [0.2, 0.25) is 0 Å². The van der Waals surface area contributed by atoms with E-state index in [0.717, 1.165) is 25.6 Å². The molecule has 2 amide bonds. The van der Waals surface area contributed by atoms with E-state index in [4.69, 9.17) is 11.5 Å². The first-order valence-electron chi connectivity index (χ1n) is 10.3. The molecule has 1 aliphatic rings. The molecule has 176 valence electrons. The third-order valence-corrected chi connectivity index (χ3v) is 4.95. The molecule has 1 atom stereocenters. The number of nitrogens with two attached hydrogens (primary N) is 2. The van der Waals surface area contributed by atoms with Gasteiger partial charge in [0.1, 0.15) is 17.3 Å². The van der Waals surface area contributed by atoms with Crippen LogP contribution in [0.15, 0.2) is 54.7 Å². The number of phenols is 1. The number of nitrogens with one attached hydrogen (secondary N) is 2. The van der Waals surface area contributed by atoms with Crippen molar-refractivity contribution in [3.63, 3.8) is 0 Å². The molecule has 2 heterocycles. The van der Waals surface area contributed by atoms with Gasteiger partial charge in [-0.15, -0.1) is 0 Å². The van der Waals surface area contributed by atoms with Crippen LogP contribution in [0.3, 0.4) is 0 Å². The number of amides is 2. The lowest BCUT2D eigenvalue weighted by Gasteiger charge is -2.10. The van der Waals surface area contributed by atoms with Crippen molar-refractivity contribution in [3.05, 3.63) is 82.9 Å². The molecule has 1 aliphatic heterocycles. The Bertz CT molecular complexity index is 1180. The lowest BCUT2D eigenvalue weighted by molar-refractivity contribution is 0.0933. The Kier molecular flexibility index (Phi) is 7.83. The van der Waals surface area contributed by atoms with E-state index < -0.39 is 28.8 Å². The molecule has 3 aromatic rings. The van der Waals surface area contributed by atoms with Crippen molar-refractivity contribution in [1.29, 1.82) is 0 Å². The number of carbonyl (C=O) groups is 3. The van der Waals surface area contributed by atoms with Crippen LogP contribution in [-0.4, -0.2) is 51.8 Å². The van der Waals surface area contributed by atoms with Gasteiger partial charge < -0.3 is 27.2 Å². The second-order valence-electron chi connectivity index (χ2n) is 7.37. The molecule has 0 unspecified atom stereocenters. The highest BCUT2D eigenvalue weighted by Crippen LogP contribution is 2.23. The minimum Gasteiger partial charge on any atom is -0.507 e. The van der Waals surface area contributed by atoms with Gasteiger partial charge in [-0.05, 0) is 43.3 Å². The number of phenolic OH excluding ortho intramolecular Hbond substituents is 1. The minimum absolute atomic E-state index is 0.118. The van der Waals surface area contributed by atoms with E-state index in [1.54, 1.807) is 6.07 Å². The van der Waals surface area contributed by atoms with Gasteiger partial charge in [-0.1, -0.05) is 18.2 Å². The summed E-state index contributed by atoms with van der Waals surface area (Å²) in [7, 11) is 0. The molecule has 0 saturated carbocycles. The van der Waals surface area contributed by atoms with Crippen LogP contribution in [0.1, 0.15) is 43.2 Å². The number of halogens is 1. The van der Waals surface area contributed by atoms with Gasteiger partial charge in [-0.3, -0.25) is 14.4 Å². The Balaban J connectivity index is 0.000000196. The molecule has 1 saturated heterocycles. The summed E-state index contributed by atoms with van der Waals surface area (Å²) in [5.41, 5.74) is 10.8. The van der Waals surface area contributed by atoms with Crippen LogP contribution in [0, 0.1) is 5.82 Å². The van der Waals surface area contributed by atoms with Crippen LogP contribution in [0.25, 0.3) is 0 Å². The van der Waals surface area contributed by atoms with Crippen LogP contribution in [-0.2, 0) is 0 Å². The molecule has 0 radical (unpaired) electrons. The lowest BCUT2D eigenvalue weighted by Crippen LogP contribution is -2.36. The van der Waals surface area contributed by atoms with E-state index >= 15 is 0 Å². The van der Waals surface area contributed by atoms with E-state index in [9.17, 15) is 23.9 Å². The van der Waals surface area contributed by atoms with E-state index in [1.807, 2.05) is 0 Å². The molecule has 10 nitrogen and oxygen atoms in total. The summed E-state index contributed by atoms with van der Waals surface area (Å²) in [6.45, 7) is 1.75. The fraction of sp³-hybridized carbons (Fsp3) is 0.174. The fourth-order valence-electron chi connectivity index (χ4n) is 3.21. The highest BCUT2D eigenvalue weighted by atomic mass is 19.1. The monoisotopic (exact) mass is 466 g/mol. The first-order chi connectivity index (χ1) is 16.3. The Morgan fingerprint density at radius 3 is 2.38 bits per heavy atom. The summed E-state index contributed by atoms with van der Waals surface area (Å²) in [5.74, 6) is -2.59. The summed E-state index contributed by atoms with van der Waals surface area (Å²) in [6.07, 6.45) is 2.43. The molecule has 34 heavy (non-hydrogen) atoms. The molecule has 1 aromatic heterocycles. The average molecular weight is 466 g/mol. The zero-order valence-corrected chi connectivity index (χ0v) is 18.0. The van der Waals surface area contributed by atoms with Crippen LogP contribution < -0.4 is 22.1 Å². The third-order valence-electron chi connectivity index (χ3n) is 4.95. The molecular formula is C23H23FN6O4. The first kappa shape index (κ1) is 24.3. The van der Waals surface area contributed by atoms with Crippen LogP contribution >= 0.6 is 0 Å². The van der Waals surface area contributed by atoms with Gasteiger partial charge >= 0.3 is 0 Å². The zero-order chi connectivity index (χ0) is 24.7. The van der Waals surface area contributed by atoms with Gasteiger partial charge in [-0.2, -0.15) is 0 Å². The lowest BCUT2D eigenvalue weighted by atomic mass is 10.0. The van der Waals surface area contributed by atoms with Crippen LogP contribution in [0.5, 0.6) is 5.75 Å². The van der Waals surface area contributed by atoms with Gasteiger partial charge in [-0.25, -0.2) is 14.4 Å². The number of aromatic nitrogens is 2. The number of nitrogen functional groups attached to an aromatic ring is 1. The number of anilines is 1. The number of aromatic hydroxyl groups is 1. The fourth-order valence-corrected chi connectivity index (χ4v) is 3.21. The maximum atomic E-state index is 13.5. The number of rotatable bonds is 5. The molecule has 2 aromatic carbocycles. The Morgan fingerprint density at radius 2 is 1.79 bits per heavy atom. The van der Waals surface area contributed by atoms with Crippen molar-refractivity contribution in [3.8, 4) is 5.75 Å². The predicted molar refractivity (Wildman–Crippen MR) is 122 cm³/mol. The largest absolute Gasteiger partial charge is 0.507 e. The summed E-state index contributed by atoms with van der Waals surface area (Å²) >= 11 is 0. The van der Waals surface area contributed by atoms with Crippen molar-refractivity contribution in [2.45, 2.75) is 12.5 Å². The third kappa shape index (κ3) is 6.11. The van der Waals surface area contributed by atoms with Gasteiger partial charge in [0.2, 0.25) is 11.9 Å². The molecule has 0 aliphatic carbocycles. The van der Waals surface area contributed by atoms with Crippen molar-refractivity contribution in [1.82, 2.24) is 20.6 Å². The highest BCUT2D eigenvalue weighted by molar-refractivity contribution is 6.11. The van der Waals surface area contributed by atoms with Crippen molar-refractivity contribution in [2.24, 2.45) is 5.73 Å². The number of nitrogens with zero attached hydrogens (tertiary/aromatic N) is 2. The standard InChI is InChI=1S/C14H10FNO3.C9H13N5O/c15-10-2-1-3-11(17)12(10)13(18)8-4-6-9(7-5-8)14(16)19;10-9-12-4-2-7(14-9)8(15)13-6-1-3-11-5-6/h1-7,17H,(H2,16,19);2,4,6,11H,1,3,5H2,(H,13,15)(H2,10,12,14)/t;6-/m.0/s1. The normalized spacial score (nSPS) is 14.6. The number of benzene rings is 2. The van der Waals surface area contributed by atoms with Gasteiger partial charge in [0, 0.05) is 29.9 Å². The van der Waals surface area contributed by atoms with Gasteiger partial charge in [0.05, 0.1) is 5.56 Å². The summed E-state index contributed by atoms with van der Waals surface area (Å²) in [5, 5.41) is 15.6. The SMILES string of the molecule is NC(=O)c1ccc(C(=O)c2c(O)cccc2F)cc1.Nc1nccc(C(=O)N[C@H]2CCNC2)n1. The van der Waals surface area contributed by atoms with E-state index in [-0.39, 0.29) is 29.0 Å². The molecule has 0 spiro atoms. The smallest absolute Gasteiger partial charge is 0.270 e. The Morgan fingerprint density at radius 1 is 1.09 bits per heavy atom. The predicted octanol–water partition coefficient (Wildman–Crippen LogP) is 1.01. The molecular weight excluding hydrogens is 443 g/mol. The van der Waals surface area contributed by atoms with E-state index in [1.165, 1.54) is 42.6 Å².